The van der Waals surface area contributed by atoms with Gasteiger partial charge in [-0.05, 0) is 17.9 Å². The molecule has 1 fully saturated rings. The lowest BCUT2D eigenvalue weighted by Gasteiger charge is -2.27. The minimum Gasteiger partial charge on any atom is -0.439 e. The van der Waals surface area contributed by atoms with Crippen molar-refractivity contribution in [3.05, 3.63) is 35.9 Å². The summed E-state index contributed by atoms with van der Waals surface area (Å²) in [6, 6.07) is 9.58. The second kappa shape index (κ2) is 6.92. The first-order valence-corrected chi connectivity index (χ1v) is 6.71. The zero-order valence-corrected chi connectivity index (χ0v) is 10.9. The van der Waals surface area contributed by atoms with E-state index < -0.39 is 12.2 Å². The van der Waals surface area contributed by atoms with E-state index in [4.69, 9.17) is 4.74 Å². The zero-order chi connectivity index (χ0) is 13.5. The van der Waals surface area contributed by atoms with Crippen molar-refractivity contribution in [3.63, 3.8) is 0 Å². The van der Waals surface area contributed by atoms with Gasteiger partial charge in [0, 0.05) is 6.54 Å². The SMILES string of the molecule is O=CC(CC1CCC1)OC(=O)NCc1ccccc1. The van der Waals surface area contributed by atoms with Gasteiger partial charge in [0.2, 0.25) is 0 Å². The summed E-state index contributed by atoms with van der Waals surface area (Å²) in [6.45, 7) is 0.411. The van der Waals surface area contributed by atoms with Crippen molar-refractivity contribution in [2.24, 2.45) is 5.92 Å². The van der Waals surface area contributed by atoms with Gasteiger partial charge in [0.1, 0.15) is 0 Å². The number of hydrogen-bond acceptors (Lipinski definition) is 3. The Morgan fingerprint density at radius 2 is 2.11 bits per heavy atom. The molecular weight excluding hydrogens is 242 g/mol. The number of carbonyl (C=O) groups is 2. The highest BCUT2D eigenvalue weighted by molar-refractivity contribution is 5.70. The van der Waals surface area contributed by atoms with Crippen LogP contribution in [0.4, 0.5) is 4.79 Å². The summed E-state index contributed by atoms with van der Waals surface area (Å²) in [7, 11) is 0. The van der Waals surface area contributed by atoms with E-state index >= 15 is 0 Å². The highest BCUT2D eigenvalue weighted by atomic mass is 16.6. The molecule has 0 heterocycles. The molecule has 4 nitrogen and oxygen atoms in total. The third-order valence-electron chi connectivity index (χ3n) is 3.48. The Bertz CT molecular complexity index is 415. The van der Waals surface area contributed by atoms with Gasteiger partial charge in [-0.2, -0.15) is 0 Å². The van der Waals surface area contributed by atoms with Gasteiger partial charge in [-0.15, -0.1) is 0 Å². The number of nitrogens with one attached hydrogen (secondary N) is 1. The van der Waals surface area contributed by atoms with Crippen molar-refractivity contribution in [2.45, 2.75) is 38.3 Å². The molecule has 19 heavy (non-hydrogen) atoms. The summed E-state index contributed by atoms with van der Waals surface area (Å²) in [5, 5.41) is 2.65. The predicted octanol–water partition coefficient (Wildman–Crippen LogP) is 2.67. The Hall–Kier alpha value is -1.84. The summed E-state index contributed by atoms with van der Waals surface area (Å²) >= 11 is 0. The van der Waals surface area contributed by atoms with Gasteiger partial charge in [0.25, 0.3) is 0 Å². The fraction of sp³-hybridized carbons (Fsp3) is 0.467. The predicted molar refractivity (Wildman–Crippen MR) is 71.6 cm³/mol. The fourth-order valence-electron chi connectivity index (χ4n) is 2.14. The first-order chi connectivity index (χ1) is 9.28. The van der Waals surface area contributed by atoms with Gasteiger partial charge in [-0.25, -0.2) is 4.79 Å². The normalized spacial score (nSPS) is 16.2. The second-order valence-electron chi connectivity index (χ2n) is 4.95. The van der Waals surface area contributed by atoms with E-state index in [1.807, 2.05) is 30.3 Å². The molecule has 1 aliphatic carbocycles. The third kappa shape index (κ3) is 4.39. The molecule has 0 radical (unpaired) electrons. The Labute approximate surface area is 113 Å². The Kier molecular flexibility index (Phi) is 4.95. The first-order valence-electron chi connectivity index (χ1n) is 6.71. The summed E-state index contributed by atoms with van der Waals surface area (Å²) in [5.41, 5.74) is 1.00. The van der Waals surface area contributed by atoms with Crippen LogP contribution in [-0.4, -0.2) is 18.5 Å². The molecule has 1 aromatic carbocycles. The molecule has 4 heteroatoms. The van der Waals surface area contributed by atoms with Crippen LogP contribution in [0.1, 0.15) is 31.2 Å². The molecule has 2 rings (SSSR count). The van der Waals surface area contributed by atoms with Crippen LogP contribution in [-0.2, 0) is 16.1 Å². The van der Waals surface area contributed by atoms with Crippen molar-refractivity contribution in [2.75, 3.05) is 0 Å². The molecule has 0 aromatic heterocycles. The minimum atomic E-state index is -0.610. The van der Waals surface area contributed by atoms with E-state index in [1.54, 1.807) is 0 Å². The van der Waals surface area contributed by atoms with Crippen LogP contribution in [0.15, 0.2) is 30.3 Å². The number of hydrogen-bond donors (Lipinski definition) is 1. The number of carbonyl (C=O) groups excluding carboxylic acids is 2. The maximum atomic E-state index is 11.6. The van der Waals surface area contributed by atoms with Crippen LogP contribution in [0.2, 0.25) is 0 Å². The zero-order valence-electron chi connectivity index (χ0n) is 10.9. The largest absolute Gasteiger partial charge is 0.439 e. The molecule has 1 N–H and O–H groups in total. The lowest BCUT2D eigenvalue weighted by atomic mass is 9.81. The highest BCUT2D eigenvalue weighted by Crippen LogP contribution is 2.30. The molecular formula is C15H19NO3. The van der Waals surface area contributed by atoms with Gasteiger partial charge in [0.05, 0.1) is 0 Å². The topological polar surface area (TPSA) is 55.4 Å². The monoisotopic (exact) mass is 261 g/mol. The summed E-state index contributed by atoms with van der Waals surface area (Å²) in [4.78, 5) is 22.5. The Morgan fingerprint density at radius 1 is 1.37 bits per heavy atom. The molecule has 1 atom stereocenters. The molecule has 1 aromatic rings. The van der Waals surface area contributed by atoms with Crippen LogP contribution < -0.4 is 5.32 Å². The maximum Gasteiger partial charge on any atom is 0.408 e. The summed E-state index contributed by atoms with van der Waals surface area (Å²) in [5.74, 6) is 0.539. The number of benzene rings is 1. The lowest BCUT2D eigenvalue weighted by Crippen LogP contribution is -2.31. The Balaban J connectivity index is 1.71. The molecule has 0 spiro atoms. The quantitative estimate of drug-likeness (QED) is 0.801. The van der Waals surface area contributed by atoms with Crippen molar-refractivity contribution in [3.8, 4) is 0 Å². The standard InChI is InChI=1S/C15H19NO3/c17-11-14(9-12-7-4-8-12)19-15(18)16-10-13-5-2-1-3-6-13/h1-3,5-6,11-12,14H,4,7-10H2,(H,16,18). The fourth-order valence-corrected chi connectivity index (χ4v) is 2.14. The average Bonchev–Trinajstić information content (AvgIpc) is 2.40. The molecule has 1 amide bonds. The van der Waals surface area contributed by atoms with Crippen LogP contribution in [0.25, 0.3) is 0 Å². The summed E-state index contributed by atoms with van der Waals surface area (Å²) < 4.78 is 5.11. The van der Waals surface area contributed by atoms with Gasteiger partial charge < -0.3 is 10.1 Å². The van der Waals surface area contributed by atoms with Crippen molar-refractivity contribution in [1.29, 1.82) is 0 Å². The lowest BCUT2D eigenvalue weighted by molar-refractivity contribution is -0.116. The van der Waals surface area contributed by atoms with Crippen LogP contribution >= 0.6 is 0 Å². The molecule has 102 valence electrons. The number of alkyl carbamates (subject to hydrolysis) is 1. The van der Waals surface area contributed by atoms with Crippen LogP contribution in [0.5, 0.6) is 0 Å². The number of aldehydes is 1. The van der Waals surface area contributed by atoms with E-state index in [1.165, 1.54) is 6.42 Å². The number of rotatable bonds is 6. The van der Waals surface area contributed by atoms with E-state index in [0.29, 0.717) is 18.9 Å². The van der Waals surface area contributed by atoms with Gasteiger partial charge in [0.15, 0.2) is 12.4 Å². The average molecular weight is 261 g/mol. The molecule has 0 saturated heterocycles. The smallest absolute Gasteiger partial charge is 0.408 e. The van der Waals surface area contributed by atoms with E-state index in [-0.39, 0.29) is 0 Å². The molecule has 1 unspecified atom stereocenters. The molecule has 0 bridgehead atoms. The maximum absolute atomic E-state index is 11.6. The van der Waals surface area contributed by atoms with E-state index in [0.717, 1.165) is 24.7 Å². The third-order valence-corrected chi connectivity index (χ3v) is 3.48. The van der Waals surface area contributed by atoms with E-state index in [9.17, 15) is 9.59 Å². The van der Waals surface area contributed by atoms with E-state index in [2.05, 4.69) is 5.32 Å². The Morgan fingerprint density at radius 3 is 2.68 bits per heavy atom. The second-order valence-corrected chi connectivity index (χ2v) is 4.95. The van der Waals surface area contributed by atoms with Crippen molar-refractivity contribution in [1.82, 2.24) is 5.32 Å². The van der Waals surface area contributed by atoms with Crippen molar-refractivity contribution >= 4 is 12.4 Å². The van der Waals surface area contributed by atoms with Crippen LogP contribution in [0, 0.1) is 5.92 Å². The van der Waals surface area contributed by atoms with Gasteiger partial charge in [-0.1, -0.05) is 49.6 Å². The van der Waals surface area contributed by atoms with Crippen molar-refractivity contribution < 1.29 is 14.3 Å². The minimum absolute atomic E-state index is 0.411. The van der Waals surface area contributed by atoms with Gasteiger partial charge in [-0.3, -0.25) is 4.79 Å². The molecule has 1 aliphatic rings. The van der Waals surface area contributed by atoms with Gasteiger partial charge >= 0.3 is 6.09 Å². The highest BCUT2D eigenvalue weighted by Gasteiger charge is 2.24. The summed E-state index contributed by atoms with van der Waals surface area (Å²) in [6.07, 6.45) is 3.74. The number of ether oxygens (including phenoxy) is 1. The number of amides is 1. The van der Waals surface area contributed by atoms with Crippen LogP contribution in [0.3, 0.4) is 0 Å². The first kappa shape index (κ1) is 13.6. The molecule has 0 aliphatic heterocycles. The molecule has 1 saturated carbocycles.